The van der Waals surface area contributed by atoms with Gasteiger partial charge in [-0.25, -0.2) is 4.39 Å². The average Bonchev–Trinajstić information content (AvgIpc) is 2.61. The molecule has 0 atom stereocenters. The third kappa shape index (κ3) is 6.11. The van der Waals surface area contributed by atoms with Gasteiger partial charge in [0.1, 0.15) is 11.6 Å². The van der Waals surface area contributed by atoms with Crippen LogP contribution < -0.4 is 15.8 Å². The highest BCUT2D eigenvalue weighted by molar-refractivity contribution is 7.98. The van der Waals surface area contributed by atoms with E-state index in [1.807, 2.05) is 0 Å². The first-order chi connectivity index (χ1) is 12.1. The Hall–Kier alpha value is -2.54. The summed E-state index contributed by atoms with van der Waals surface area (Å²) in [4.78, 5) is 23.0. The van der Waals surface area contributed by atoms with Gasteiger partial charge in [-0.3, -0.25) is 9.59 Å². The van der Waals surface area contributed by atoms with Crippen LogP contribution in [0.1, 0.15) is 15.9 Å². The van der Waals surface area contributed by atoms with E-state index >= 15 is 0 Å². The molecule has 3 N–H and O–H groups in total. The van der Waals surface area contributed by atoms with Crippen LogP contribution in [0, 0.1) is 5.82 Å². The van der Waals surface area contributed by atoms with Crippen LogP contribution in [0.25, 0.3) is 0 Å². The third-order valence-electron chi connectivity index (χ3n) is 3.25. The smallest absolute Gasteiger partial charge is 0.255 e. The summed E-state index contributed by atoms with van der Waals surface area (Å²) in [5.41, 5.74) is 6.02. The maximum atomic E-state index is 13.5. The Kier molecular flexibility index (Phi) is 7.28. The molecule has 0 aliphatic heterocycles. The number of hydrogen-bond donors (Lipinski definition) is 2. The number of primary amides is 1. The number of nitrogens with one attached hydrogen (secondary N) is 1. The van der Waals surface area contributed by atoms with Crippen molar-refractivity contribution >= 4 is 23.6 Å². The van der Waals surface area contributed by atoms with Crippen LogP contribution in [0.4, 0.5) is 4.39 Å². The fourth-order valence-electron chi connectivity index (χ4n) is 2.06. The normalized spacial score (nSPS) is 10.3. The minimum absolute atomic E-state index is 0.223. The summed E-state index contributed by atoms with van der Waals surface area (Å²) in [6, 6.07) is 13.2. The van der Waals surface area contributed by atoms with Gasteiger partial charge in [0, 0.05) is 18.1 Å². The topological polar surface area (TPSA) is 81.4 Å². The third-order valence-corrected chi connectivity index (χ3v) is 4.26. The Balaban J connectivity index is 1.79. The number of hydrogen-bond acceptors (Lipinski definition) is 4. The molecular formula is C18H19FN2O3S. The van der Waals surface area contributed by atoms with Gasteiger partial charge in [-0.15, -0.1) is 0 Å². The first-order valence-corrected chi connectivity index (χ1v) is 8.83. The van der Waals surface area contributed by atoms with Crippen molar-refractivity contribution < 1.29 is 18.7 Å². The van der Waals surface area contributed by atoms with Gasteiger partial charge in [-0.2, -0.15) is 11.8 Å². The standard InChI is InChI=1S/C18H19FN2O3S/c19-15-7-3-1-5-13(15)12-25-10-9-21-18(23)14-6-2-4-8-16(14)24-11-17(20)22/h1-8H,9-12H2,(H2,20,22)(H,21,23). The van der Waals surface area contributed by atoms with E-state index in [2.05, 4.69) is 5.32 Å². The lowest BCUT2D eigenvalue weighted by Crippen LogP contribution is -2.27. The number of carbonyl (C=O) groups excluding carboxylic acids is 2. The molecule has 0 spiro atoms. The minimum Gasteiger partial charge on any atom is -0.483 e. The van der Waals surface area contributed by atoms with Gasteiger partial charge < -0.3 is 15.8 Å². The van der Waals surface area contributed by atoms with Crippen LogP contribution in [0.3, 0.4) is 0 Å². The van der Waals surface area contributed by atoms with Crippen molar-refractivity contribution in [1.29, 1.82) is 0 Å². The number of thioether (sulfide) groups is 1. The molecule has 0 aliphatic rings. The number of carbonyl (C=O) groups is 2. The molecule has 2 aromatic carbocycles. The molecule has 25 heavy (non-hydrogen) atoms. The van der Waals surface area contributed by atoms with Crippen molar-refractivity contribution in [1.82, 2.24) is 5.32 Å². The minimum atomic E-state index is -0.611. The van der Waals surface area contributed by atoms with Crippen LogP contribution in [0.15, 0.2) is 48.5 Å². The molecule has 2 amide bonds. The maximum Gasteiger partial charge on any atom is 0.255 e. The molecule has 0 saturated heterocycles. The molecule has 0 saturated carbocycles. The van der Waals surface area contributed by atoms with Crippen molar-refractivity contribution in [3.63, 3.8) is 0 Å². The molecular weight excluding hydrogens is 343 g/mol. The Morgan fingerprint density at radius 3 is 2.60 bits per heavy atom. The zero-order valence-electron chi connectivity index (χ0n) is 13.5. The molecule has 0 bridgehead atoms. The molecule has 2 aromatic rings. The summed E-state index contributed by atoms with van der Waals surface area (Å²) >= 11 is 1.53. The van der Waals surface area contributed by atoms with Crippen LogP contribution in [0.5, 0.6) is 5.75 Å². The van der Waals surface area contributed by atoms with E-state index in [-0.39, 0.29) is 18.3 Å². The van der Waals surface area contributed by atoms with Crippen LogP contribution >= 0.6 is 11.8 Å². The predicted octanol–water partition coefficient (Wildman–Crippen LogP) is 2.35. The molecule has 2 rings (SSSR count). The average molecular weight is 362 g/mol. The molecule has 0 unspecified atom stereocenters. The highest BCUT2D eigenvalue weighted by Gasteiger charge is 2.12. The molecule has 0 radical (unpaired) electrons. The van der Waals surface area contributed by atoms with Crippen molar-refractivity contribution in [2.24, 2.45) is 5.73 Å². The van der Waals surface area contributed by atoms with E-state index in [1.54, 1.807) is 42.5 Å². The highest BCUT2D eigenvalue weighted by Crippen LogP contribution is 2.18. The van der Waals surface area contributed by atoms with Crippen molar-refractivity contribution in [2.45, 2.75) is 5.75 Å². The second-order valence-corrected chi connectivity index (χ2v) is 6.26. The largest absolute Gasteiger partial charge is 0.483 e. The SMILES string of the molecule is NC(=O)COc1ccccc1C(=O)NCCSCc1ccccc1F. The molecule has 0 aliphatic carbocycles. The van der Waals surface area contributed by atoms with Gasteiger partial charge in [0.15, 0.2) is 6.61 Å². The van der Waals surface area contributed by atoms with Crippen molar-refractivity contribution in [3.05, 3.63) is 65.5 Å². The summed E-state index contributed by atoms with van der Waals surface area (Å²) in [5.74, 6) is 0.356. The molecule has 0 heterocycles. The number of nitrogens with two attached hydrogens (primary N) is 1. The van der Waals surface area contributed by atoms with E-state index in [1.165, 1.54) is 17.8 Å². The van der Waals surface area contributed by atoms with E-state index in [0.717, 1.165) is 0 Å². The summed E-state index contributed by atoms with van der Waals surface area (Å²) in [7, 11) is 0. The summed E-state index contributed by atoms with van der Waals surface area (Å²) in [5, 5.41) is 2.78. The van der Waals surface area contributed by atoms with Crippen molar-refractivity contribution in [2.75, 3.05) is 18.9 Å². The Bertz CT molecular complexity index is 740. The predicted molar refractivity (Wildman–Crippen MR) is 96.0 cm³/mol. The first-order valence-electron chi connectivity index (χ1n) is 7.67. The van der Waals surface area contributed by atoms with E-state index in [9.17, 15) is 14.0 Å². The van der Waals surface area contributed by atoms with Gasteiger partial charge in [0.25, 0.3) is 11.8 Å². The summed E-state index contributed by atoms with van der Waals surface area (Å²) < 4.78 is 18.7. The summed E-state index contributed by atoms with van der Waals surface area (Å²) in [6.07, 6.45) is 0. The van der Waals surface area contributed by atoms with Gasteiger partial charge >= 0.3 is 0 Å². The lowest BCUT2D eigenvalue weighted by molar-refractivity contribution is -0.119. The zero-order valence-corrected chi connectivity index (χ0v) is 14.4. The fourth-order valence-corrected chi connectivity index (χ4v) is 2.90. The second kappa shape index (κ2) is 9.68. The number of amides is 2. The van der Waals surface area contributed by atoms with Gasteiger partial charge in [-0.05, 0) is 23.8 Å². The van der Waals surface area contributed by atoms with E-state index < -0.39 is 5.91 Å². The fraction of sp³-hybridized carbons (Fsp3) is 0.222. The van der Waals surface area contributed by atoms with E-state index in [4.69, 9.17) is 10.5 Å². The number of ether oxygens (including phenoxy) is 1. The molecule has 132 valence electrons. The van der Waals surface area contributed by atoms with Crippen LogP contribution in [-0.2, 0) is 10.5 Å². The Labute approximate surface area is 149 Å². The van der Waals surface area contributed by atoms with Gasteiger partial charge in [0.05, 0.1) is 5.56 Å². The lowest BCUT2D eigenvalue weighted by Gasteiger charge is -2.10. The molecule has 5 nitrogen and oxygen atoms in total. The van der Waals surface area contributed by atoms with E-state index in [0.29, 0.717) is 34.9 Å². The zero-order chi connectivity index (χ0) is 18.1. The molecule has 7 heteroatoms. The van der Waals surface area contributed by atoms with Crippen LogP contribution in [-0.4, -0.2) is 30.7 Å². The first kappa shape index (κ1) is 18.8. The maximum absolute atomic E-state index is 13.5. The lowest BCUT2D eigenvalue weighted by atomic mass is 10.2. The quantitative estimate of drug-likeness (QED) is 0.671. The monoisotopic (exact) mass is 362 g/mol. The van der Waals surface area contributed by atoms with Gasteiger partial charge in [0.2, 0.25) is 0 Å². The molecule has 0 aromatic heterocycles. The number of benzene rings is 2. The Morgan fingerprint density at radius 2 is 1.84 bits per heavy atom. The van der Waals surface area contributed by atoms with Gasteiger partial charge in [-0.1, -0.05) is 30.3 Å². The molecule has 0 fully saturated rings. The number of para-hydroxylation sites is 1. The van der Waals surface area contributed by atoms with Crippen LogP contribution in [0.2, 0.25) is 0 Å². The summed E-state index contributed by atoms with van der Waals surface area (Å²) in [6.45, 7) is 0.144. The Morgan fingerprint density at radius 1 is 1.12 bits per heavy atom. The number of rotatable bonds is 9. The number of halogens is 1. The van der Waals surface area contributed by atoms with Crippen molar-refractivity contribution in [3.8, 4) is 5.75 Å². The second-order valence-electron chi connectivity index (χ2n) is 5.15. The highest BCUT2D eigenvalue weighted by atomic mass is 32.2.